The molecular weight excluding hydrogens is 438 g/mol. The highest BCUT2D eigenvalue weighted by atomic mass is 16.5. The van der Waals surface area contributed by atoms with Crippen LogP contribution in [0.5, 0.6) is 0 Å². The van der Waals surface area contributed by atoms with E-state index in [1.54, 1.807) is 6.92 Å². The number of pyridine rings is 2. The van der Waals surface area contributed by atoms with Crippen LogP contribution in [0.1, 0.15) is 42.9 Å². The van der Waals surface area contributed by atoms with Crippen molar-refractivity contribution in [3.8, 4) is 22.5 Å². The summed E-state index contributed by atoms with van der Waals surface area (Å²) in [6.45, 7) is 7.26. The molecule has 0 atom stereocenters. The predicted octanol–water partition coefficient (Wildman–Crippen LogP) is 4.72. The molecule has 0 unspecified atom stereocenters. The Morgan fingerprint density at radius 3 is 2.69 bits per heavy atom. The van der Waals surface area contributed by atoms with E-state index in [1.165, 1.54) is 0 Å². The monoisotopic (exact) mass is 467 g/mol. The van der Waals surface area contributed by atoms with E-state index < -0.39 is 0 Å². The summed E-state index contributed by atoms with van der Waals surface area (Å²) in [5.74, 6) is 1.62. The SMILES string of the molecule is CC(=O)N1CCn2c(C3CCOCC3)nc(-c3cccc4cc(-c5ccc(C)nc5)ncc34)c2C1. The molecule has 1 aromatic carbocycles. The Labute approximate surface area is 204 Å². The number of carbonyl (C=O) groups excluding carboxylic acids is 1. The number of fused-ring (bicyclic) bond motifs is 2. The van der Waals surface area contributed by atoms with Gasteiger partial charge in [-0.1, -0.05) is 18.2 Å². The molecule has 0 radical (unpaired) electrons. The van der Waals surface area contributed by atoms with Crippen LogP contribution >= 0.6 is 0 Å². The maximum atomic E-state index is 12.2. The number of ether oxygens (including phenoxy) is 1. The first-order chi connectivity index (χ1) is 17.1. The number of nitrogens with zero attached hydrogens (tertiary/aromatic N) is 5. The highest BCUT2D eigenvalue weighted by Gasteiger charge is 2.30. The van der Waals surface area contributed by atoms with Gasteiger partial charge in [0.2, 0.25) is 5.91 Å². The minimum Gasteiger partial charge on any atom is -0.381 e. The van der Waals surface area contributed by atoms with E-state index in [0.717, 1.165) is 89.6 Å². The van der Waals surface area contributed by atoms with Crippen molar-refractivity contribution in [1.82, 2.24) is 24.4 Å². The summed E-state index contributed by atoms with van der Waals surface area (Å²) in [5, 5.41) is 2.18. The number of aryl methyl sites for hydroxylation is 1. The maximum absolute atomic E-state index is 12.2. The molecule has 6 rings (SSSR count). The van der Waals surface area contributed by atoms with Crippen molar-refractivity contribution in [2.75, 3.05) is 19.8 Å². The second-order valence-electron chi connectivity index (χ2n) is 9.53. The van der Waals surface area contributed by atoms with Gasteiger partial charge < -0.3 is 14.2 Å². The topological polar surface area (TPSA) is 73.1 Å². The lowest BCUT2D eigenvalue weighted by Gasteiger charge is -2.30. The number of aromatic nitrogens is 4. The van der Waals surface area contributed by atoms with Crippen LogP contribution in [0.3, 0.4) is 0 Å². The van der Waals surface area contributed by atoms with Gasteiger partial charge in [-0.2, -0.15) is 0 Å². The lowest BCUT2D eigenvalue weighted by Crippen LogP contribution is -2.37. The Morgan fingerprint density at radius 2 is 1.91 bits per heavy atom. The van der Waals surface area contributed by atoms with Gasteiger partial charge >= 0.3 is 0 Å². The Morgan fingerprint density at radius 1 is 1.06 bits per heavy atom. The van der Waals surface area contributed by atoms with Gasteiger partial charge in [0, 0.05) is 73.7 Å². The van der Waals surface area contributed by atoms with Crippen LogP contribution in [0.2, 0.25) is 0 Å². The number of amides is 1. The summed E-state index contributed by atoms with van der Waals surface area (Å²) in [4.78, 5) is 28.6. The third-order valence-corrected chi connectivity index (χ3v) is 7.30. The van der Waals surface area contributed by atoms with Crippen molar-refractivity contribution in [3.63, 3.8) is 0 Å². The molecule has 35 heavy (non-hydrogen) atoms. The average molecular weight is 468 g/mol. The fraction of sp³-hybridized carbons (Fsp3) is 0.357. The molecule has 1 amide bonds. The van der Waals surface area contributed by atoms with Crippen LogP contribution in [0, 0.1) is 6.92 Å². The van der Waals surface area contributed by atoms with Gasteiger partial charge in [-0.25, -0.2) is 4.98 Å². The molecule has 7 nitrogen and oxygen atoms in total. The zero-order valence-electron chi connectivity index (χ0n) is 20.2. The Balaban J connectivity index is 1.47. The molecule has 7 heteroatoms. The van der Waals surface area contributed by atoms with Crippen LogP contribution in [0.4, 0.5) is 0 Å². The van der Waals surface area contributed by atoms with E-state index in [9.17, 15) is 4.79 Å². The minimum absolute atomic E-state index is 0.104. The van der Waals surface area contributed by atoms with E-state index in [1.807, 2.05) is 30.3 Å². The molecule has 1 fully saturated rings. The van der Waals surface area contributed by atoms with Crippen molar-refractivity contribution in [3.05, 3.63) is 66.0 Å². The van der Waals surface area contributed by atoms with Gasteiger partial charge in [-0.15, -0.1) is 0 Å². The number of hydrogen-bond acceptors (Lipinski definition) is 5. The van der Waals surface area contributed by atoms with Crippen LogP contribution in [-0.4, -0.2) is 50.1 Å². The third kappa shape index (κ3) is 4.00. The fourth-order valence-corrected chi connectivity index (χ4v) is 5.30. The van der Waals surface area contributed by atoms with Crippen molar-refractivity contribution in [1.29, 1.82) is 0 Å². The second-order valence-corrected chi connectivity index (χ2v) is 9.53. The minimum atomic E-state index is 0.104. The highest BCUT2D eigenvalue weighted by molar-refractivity contribution is 5.97. The summed E-state index contributed by atoms with van der Waals surface area (Å²) < 4.78 is 7.98. The molecule has 0 saturated carbocycles. The Kier molecular flexibility index (Phi) is 5.57. The smallest absolute Gasteiger partial charge is 0.219 e. The summed E-state index contributed by atoms with van der Waals surface area (Å²) >= 11 is 0. The number of imidazole rings is 1. The predicted molar refractivity (Wildman–Crippen MR) is 135 cm³/mol. The third-order valence-electron chi connectivity index (χ3n) is 7.30. The van der Waals surface area contributed by atoms with Gasteiger partial charge in [0.1, 0.15) is 5.82 Å². The summed E-state index contributed by atoms with van der Waals surface area (Å²) in [7, 11) is 0. The molecule has 0 aliphatic carbocycles. The first kappa shape index (κ1) is 21.9. The number of benzene rings is 1. The first-order valence-electron chi connectivity index (χ1n) is 12.3. The van der Waals surface area contributed by atoms with E-state index in [0.29, 0.717) is 12.5 Å². The molecule has 1 saturated heterocycles. The molecule has 0 spiro atoms. The molecular formula is C28H29N5O2. The zero-order valence-corrected chi connectivity index (χ0v) is 20.2. The van der Waals surface area contributed by atoms with Gasteiger partial charge in [-0.3, -0.25) is 14.8 Å². The van der Waals surface area contributed by atoms with E-state index >= 15 is 0 Å². The fourth-order valence-electron chi connectivity index (χ4n) is 5.30. The standard InChI is InChI=1S/C28H29N5O2/c1-18-6-7-22(15-29-18)25-14-21-4-3-5-23(24(21)16-30-25)27-26-17-32(19(2)34)10-11-33(26)28(31-27)20-8-12-35-13-9-20/h3-7,14-16,20H,8-13,17H2,1-2H3. The van der Waals surface area contributed by atoms with Gasteiger partial charge in [0.15, 0.2) is 0 Å². The van der Waals surface area contributed by atoms with E-state index in [-0.39, 0.29) is 5.91 Å². The van der Waals surface area contributed by atoms with Crippen molar-refractivity contribution in [2.45, 2.75) is 45.7 Å². The van der Waals surface area contributed by atoms with Crippen molar-refractivity contribution < 1.29 is 9.53 Å². The maximum Gasteiger partial charge on any atom is 0.219 e. The molecule has 2 aliphatic rings. The Hall–Kier alpha value is -3.58. The van der Waals surface area contributed by atoms with Crippen LogP contribution < -0.4 is 0 Å². The first-order valence-corrected chi connectivity index (χ1v) is 12.3. The number of hydrogen-bond donors (Lipinski definition) is 0. The van der Waals surface area contributed by atoms with E-state index in [4.69, 9.17) is 14.7 Å². The summed E-state index contributed by atoms with van der Waals surface area (Å²) in [5.41, 5.74) is 6.04. The molecule has 178 valence electrons. The number of carbonyl (C=O) groups is 1. The highest BCUT2D eigenvalue weighted by Crippen LogP contribution is 2.37. The quantitative estimate of drug-likeness (QED) is 0.436. The average Bonchev–Trinajstić information content (AvgIpc) is 3.27. The van der Waals surface area contributed by atoms with Crippen molar-refractivity contribution >= 4 is 16.7 Å². The summed E-state index contributed by atoms with van der Waals surface area (Å²) in [6.07, 6.45) is 5.79. The molecule has 2 aliphatic heterocycles. The van der Waals surface area contributed by atoms with Gasteiger partial charge in [0.25, 0.3) is 0 Å². The van der Waals surface area contributed by atoms with E-state index in [2.05, 4.69) is 39.9 Å². The molecule has 0 N–H and O–H groups in total. The largest absolute Gasteiger partial charge is 0.381 e. The normalized spacial score (nSPS) is 16.5. The van der Waals surface area contributed by atoms with Gasteiger partial charge in [0.05, 0.1) is 23.6 Å². The lowest BCUT2D eigenvalue weighted by atomic mass is 9.99. The molecule has 3 aromatic heterocycles. The van der Waals surface area contributed by atoms with Crippen LogP contribution in [-0.2, 0) is 22.6 Å². The summed E-state index contributed by atoms with van der Waals surface area (Å²) in [6, 6.07) is 12.5. The molecule has 0 bridgehead atoms. The van der Waals surface area contributed by atoms with Crippen LogP contribution in [0.25, 0.3) is 33.3 Å². The Bertz CT molecular complexity index is 1400. The van der Waals surface area contributed by atoms with Crippen LogP contribution in [0.15, 0.2) is 48.8 Å². The zero-order chi connectivity index (χ0) is 23.9. The number of rotatable bonds is 3. The molecule has 4 aromatic rings. The van der Waals surface area contributed by atoms with Crippen molar-refractivity contribution in [2.24, 2.45) is 0 Å². The lowest BCUT2D eigenvalue weighted by molar-refractivity contribution is -0.130. The van der Waals surface area contributed by atoms with Gasteiger partial charge in [-0.05, 0) is 43.4 Å². The second kappa shape index (κ2) is 8.89. The molecule has 5 heterocycles.